The summed E-state index contributed by atoms with van der Waals surface area (Å²) in [4.78, 5) is 26.5. The number of carbonyl (C=O) groups excluding carboxylic acids is 2. The molecule has 1 aromatic carbocycles. The van der Waals surface area contributed by atoms with E-state index in [1.807, 2.05) is 48.2 Å². The maximum absolute atomic E-state index is 10.4. The first-order valence-corrected chi connectivity index (χ1v) is 11.1. The number of rotatable bonds is 7. The molecule has 176 valence electrons. The van der Waals surface area contributed by atoms with E-state index in [-0.39, 0.29) is 12.6 Å². The first-order chi connectivity index (χ1) is 15.3. The number of aliphatic hydroxyl groups is 1. The summed E-state index contributed by atoms with van der Waals surface area (Å²) in [5.74, 6) is 0.630. The molecule has 1 aliphatic rings. The van der Waals surface area contributed by atoms with Crippen molar-refractivity contribution < 1.29 is 14.7 Å². The van der Waals surface area contributed by atoms with Crippen LogP contribution in [0.25, 0.3) is 11.1 Å². The minimum absolute atomic E-state index is 0.120. The summed E-state index contributed by atoms with van der Waals surface area (Å²) >= 11 is 0. The molecule has 4 N–H and O–H groups in total. The summed E-state index contributed by atoms with van der Waals surface area (Å²) < 4.78 is 0. The fraction of sp³-hybridized carbons (Fsp3) is 0.480. The number of likely N-dealkylation sites (tertiary alicyclic amines) is 1. The Labute approximate surface area is 192 Å². The Morgan fingerprint density at radius 3 is 2.22 bits per heavy atom. The molecule has 7 nitrogen and oxygen atoms in total. The molecule has 2 aromatic rings. The van der Waals surface area contributed by atoms with E-state index in [4.69, 9.17) is 10.8 Å². The monoisotopic (exact) mass is 442 g/mol. The maximum atomic E-state index is 10.4. The smallest absolute Gasteiger partial charge is 0.209 e. The topological polar surface area (TPSA) is 109 Å². The van der Waals surface area contributed by atoms with Gasteiger partial charge in [-0.1, -0.05) is 44.2 Å². The Hall–Kier alpha value is -2.77. The third kappa shape index (κ3) is 9.58. The number of hydrogen-bond acceptors (Lipinski definition) is 5. The molecule has 1 saturated heterocycles. The van der Waals surface area contributed by atoms with E-state index in [9.17, 15) is 9.59 Å². The number of carbonyl (C=O) groups is 2. The van der Waals surface area contributed by atoms with Crippen LogP contribution in [0, 0.1) is 5.92 Å². The van der Waals surface area contributed by atoms with E-state index in [1.54, 1.807) is 12.4 Å². The number of aliphatic hydroxyl groups excluding tert-OH is 1. The van der Waals surface area contributed by atoms with Crippen LogP contribution < -0.4 is 11.1 Å². The molecule has 1 fully saturated rings. The fourth-order valence-corrected chi connectivity index (χ4v) is 2.89. The molecule has 3 rings (SSSR count). The summed E-state index contributed by atoms with van der Waals surface area (Å²) in [6.07, 6.45) is 7.42. The highest BCUT2D eigenvalue weighted by Gasteiger charge is 2.17. The summed E-state index contributed by atoms with van der Waals surface area (Å²) in [6.45, 7) is 9.18. The van der Waals surface area contributed by atoms with Gasteiger partial charge in [-0.3, -0.25) is 14.6 Å². The van der Waals surface area contributed by atoms with Gasteiger partial charge in [0.05, 0.1) is 12.6 Å². The zero-order valence-corrected chi connectivity index (χ0v) is 19.6. The lowest BCUT2D eigenvalue weighted by molar-refractivity contribution is -0.118. The first kappa shape index (κ1) is 27.3. The average Bonchev–Trinajstić information content (AvgIpc) is 3.24. The maximum Gasteiger partial charge on any atom is 0.209 e. The van der Waals surface area contributed by atoms with Crippen LogP contribution >= 0.6 is 0 Å². The second-order valence-electron chi connectivity index (χ2n) is 8.32. The molecule has 0 saturated carbocycles. The van der Waals surface area contributed by atoms with E-state index in [1.165, 1.54) is 12.8 Å². The van der Waals surface area contributed by atoms with Gasteiger partial charge in [0.15, 0.2) is 0 Å². The van der Waals surface area contributed by atoms with Crippen molar-refractivity contribution in [1.29, 1.82) is 0 Å². The van der Waals surface area contributed by atoms with Gasteiger partial charge in [0.25, 0.3) is 0 Å². The molecule has 0 radical (unpaired) electrons. The molecule has 1 aromatic heterocycles. The number of amides is 2. The SMILES string of the molecule is CC(C)C(C)N.CC1CCCN1C=O.O=CNC(CO)c1ccc(-c2cccnc2)cc1. The van der Waals surface area contributed by atoms with Crippen LogP contribution in [0.3, 0.4) is 0 Å². The standard InChI is InChI=1S/C14H14N2O2.C6H11NO.C5H13N/c17-9-14(16-10-18)12-5-3-11(4-6-12)13-2-1-7-15-8-13;1-6-3-2-4-7(6)5-8;1-4(2)5(3)6/h1-8,10,14,17H,9H2,(H,16,18);5-6H,2-4H2,1H3;4-5H,6H2,1-3H3. The second-order valence-corrected chi connectivity index (χ2v) is 8.32. The van der Waals surface area contributed by atoms with Crippen LogP contribution in [0.15, 0.2) is 48.8 Å². The summed E-state index contributed by atoms with van der Waals surface area (Å²) in [6, 6.07) is 12.0. The highest BCUT2D eigenvalue weighted by Crippen LogP contribution is 2.21. The number of benzene rings is 1. The van der Waals surface area contributed by atoms with Gasteiger partial charge in [-0.2, -0.15) is 0 Å². The van der Waals surface area contributed by atoms with E-state index in [2.05, 4.69) is 31.1 Å². The third-order valence-electron chi connectivity index (χ3n) is 5.55. The summed E-state index contributed by atoms with van der Waals surface area (Å²) in [7, 11) is 0. The molecule has 1 aliphatic heterocycles. The highest BCUT2D eigenvalue weighted by molar-refractivity contribution is 5.62. The Balaban J connectivity index is 0.000000301. The van der Waals surface area contributed by atoms with Crippen molar-refractivity contribution in [2.75, 3.05) is 13.2 Å². The Morgan fingerprint density at radius 1 is 1.19 bits per heavy atom. The van der Waals surface area contributed by atoms with Gasteiger partial charge in [0.2, 0.25) is 12.8 Å². The normalized spacial score (nSPS) is 16.7. The molecule has 7 heteroatoms. The van der Waals surface area contributed by atoms with Gasteiger partial charge >= 0.3 is 0 Å². The Bertz CT molecular complexity index is 761. The van der Waals surface area contributed by atoms with Gasteiger partial charge in [0, 0.05) is 31.0 Å². The van der Waals surface area contributed by atoms with Gasteiger partial charge in [-0.25, -0.2) is 0 Å². The van der Waals surface area contributed by atoms with Crippen LogP contribution in [0.2, 0.25) is 0 Å². The van der Waals surface area contributed by atoms with Crippen LogP contribution in [0.4, 0.5) is 0 Å². The minimum Gasteiger partial charge on any atom is -0.394 e. The average molecular weight is 443 g/mol. The molecule has 0 aliphatic carbocycles. The summed E-state index contributed by atoms with van der Waals surface area (Å²) in [5, 5.41) is 11.7. The lowest BCUT2D eigenvalue weighted by Gasteiger charge is -2.13. The van der Waals surface area contributed by atoms with Crippen molar-refractivity contribution in [1.82, 2.24) is 15.2 Å². The quantitative estimate of drug-likeness (QED) is 0.571. The van der Waals surface area contributed by atoms with Gasteiger partial charge in [-0.15, -0.1) is 0 Å². The number of nitrogens with one attached hydrogen (secondary N) is 1. The van der Waals surface area contributed by atoms with Crippen molar-refractivity contribution in [3.05, 3.63) is 54.4 Å². The van der Waals surface area contributed by atoms with Crippen molar-refractivity contribution in [2.45, 2.75) is 58.7 Å². The number of hydrogen-bond donors (Lipinski definition) is 3. The molecule has 0 bridgehead atoms. The van der Waals surface area contributed by atoms with E-state index in [0.29, 0.717) is 24.4 Å². The molecular formula is C25H38N4O3. The van der Waals surface area contributed by atoms with Crippen molar-refractivity contribution in [2.24, 2.45) is 11.7 Å². The third-order valence-corrected chi connectivity index (χ3v) is 5.55. The molecule has 0 spiro atoms. The van der Waals surface area contributed by atoms with Crippen LogP contribution in [-0.4, -0.2) is 53.0 Å². The number of aromatic nitrogens is 1. The first-order valence-electron chi connectivity index (χ1n) is 11.1. The molecule has 32 heavy (non-hydrogen) atoms. The lowest BCUT2D eigenvalue weighted by atomic mass is 10.0. The van der Waals surface area contributed by atoms with Crippen molar-refractivity contribution >= 4 is 12.8 Å². The Morgan fingerprint density at radius 2 is 1.84 bits per heavy atom. The largest absolute Gasteiger partial charge is 0.394 e. The fourth-order valence-electron chi connectivity index (χ4n) is 2.89. The molecule has 2 heterocycles. The van der Waals surface area contributed by atoms with Crippen molar-refractivity contribution in [3.63, 3.8) is 0 Å². The van der Waals surface area contributed by atoms with Gasteiger partial charge in [0.1, 0.15) is 0 Å². The molecule has 3 atom stereocenters. The van der Waals surface area contributed by atoms with E-state index < -0.39 is 0 Å². The zero-order valence-electron chi connectivity index (χ0n) is 19.6. The number of nitrogens with two attached hydrogens (primary N) is 1. The second kappa shape index (κ2) is 15.1. The minimum atomic E-state index is -0.356. The predicted octanol–water partition coefficient (Wildman–Crippen LogP) is 3.14. The molecule has 3 unspecified atom stereocenters. The van der Waals surface area contributed by atoms with Crippen LogP contribution in [0.5, 0.6) is 0 Å². The lowest BCUT2D eigenvalue weighted by Crippen LogP contribution is -2.24. The van der Waals surface area contributed by atoms with E-state index >= 15 is 0 Å². The predicted molar refractivity (Wildman–Crippen MR) is 129 cm³/mol. The van der Waals surface area contributed by atoms with Crippen LogP contribution in [-0.2, 0) is 9.59 Å². The number of pyridine rings is 1. The van der Waals surface area contributed by atoms with E-state index in [0.717, 1.165) is 29.6 Å². The molecular weight excluding hydrogens is 404 g/mol. The van der Waals surface area contributed by atoms with Gasteiger partial charge < -0.3 is 21.1 Å². The van der Waals surface area contributed by atoms with Crippen LogP contribution in [0.1, 0.15) is 52.1 Å². The van der Waals surface area contributed by atoms with Crippen molar-refractivity contribution in [3.8, 4) is 11.1 Å². The number of nitrogens with zero attached hydrogens (tertiary/aromatic N) is 2. The molecule has 2 amide bonds. The Kier molecular flexibility index (Phi) is 12.9. The zero-order chi connectivity index (χ0) is 23.9. The highest BCUT2D eigenvalue weighted by atomic mass is 16.3. The summed E-state index contributed by atoms with van der Waals surface area (Å²) in [5.41, 5.74) is 8.39. The van der Waals surface area contributed by atoms with Gasteiger partial charge in [-0.05, 0) is 55.4 Å².